The van der Waals surface area contributed by atoms with Gasteiger partial charge < -0.3 is 4.57 Å². The van der Waals surface area contributed by atoms with E-state index >= 15 is 0 Å². The van der Waals surface area contributed by atoms with Gasteiger partial charge in [0.2, 0.25) is 0 Å². The van der Waals surface area contributed by atoms with E-state index in [-0.39, 0.29) is 16.4 Å². The molecule has 0 N–H and O–H groups in total. The second-order valence-corrected chi connectivity index (χ2v) is 11.8. The summed E-state index contributed by atoms with van der Waals surface area (Å²) in [6.45, 7) is 0.231. The van der Waals surface area contributed by atoms with E-state index in [0.29, 0.717) is 38.6 Å². The summed E-state index contributed by atoms with van der Waals surface area (Å²) in [7, 11) is -2.16. The standard InChI is InChI=1S/C18H17ClN4O5S3/c1-21-12-6-5-11(23(25)26)10-14(12)29-18(21)20-17(24)13-4-2-3-9-22(13)31(27,28)16-8-7-15(19)30-16/h5-8,10,13H,2-4,9H2,1H3. The first-order chi connectivity index (χ1) is 14.7. The van der Waals surface area contributed by atoms with Crippen molar-refractivity contribution in [2.24, 2.45) is 12.0 Å². The number of benzene rings is 1. The maximum absolute atomic E-state index is 13.1. The van der Waals surface area contributed by atoms with E-state index in [1.165, 1.54) is 28.6 Å². The molecule has 0 aliphatic carbocycles. The quantitative estimate of drug-likeness (QED) is 0.401. The Morgan fingerprint density at radius 2 is 2.03 bits per heavy atom. The van der Waals surface area contributed by atoms with Gasteiger partial charge in [-0.2, -0.15) is 9.30 Å². The van der Waals surface area contributed by atoms with Gasteiger partial charge in [0.15, 0.2) is 4.80 Å². The van der Waals surface area contributed by atoms with Crippen LogP contribution in [-0.4, -0.2) is 40.7 Å². The molecule has 1 amide bonds. The summed E-state index contributed by atoms with van der Waals surface area (Å²) in [4.78, 5) is 28.1. The van der Waals surface area contributed by atoms with Gasteiger partial charge in [0.1, 0.15) is 10.3 Å². The largest absolute Gasteiger partial charge is 0.319 e. The van der Waals surface area contributed by atoms with E-state index in [4.69, 9.17) is 11.6 Å². The lowest BCUT2D eigenvalue weighted by Gasteiger charge is -2.31. The highest BCUT2D eigenvalue weighted by molar-refractivity contribution is 7.91. The molecule has 4 rings (SSSR count). The van der Waals surface area contributed by atoms with Crippen LogP contribution in [-0.2, 0) is 21.9 Å². The normalized spacial score (nSPS) is 18.5. The van der Waals surface area contributed by atoms with E-state index in [1.807, 2.05) is 0 Å². The van der Waals surface area contributed by atoms with Crippen molar-refractivity contribution in [2.75, 3.05) is 6.54 Å². The second-order valence-electron chi connectivity index (χ2n) is 6.99. The SMILES string of the molecule is Cn1c(=NC(=O)C2CCCCN2S(=O)(=O)c2ccc(Cl)s2)sc2cc([N+](=O)[O-])ccc21. The van der Waals surface area contributed by atoms with Crippen molar-refractivity contribution >= 4 is 66.1 Å². The number of amides is 1. The predicted octanol–water partition coefficient (Wildman–Crippen LogP) is 3.53. The van der Waals surface area contributed by atoms with Gasteiger partial charge in [-0.1, -0.05) is 29.4 Å². The average Bonchev–Trinajstić information content (AvgIpc) is 3.31. The fourth-order valence-corrected chi connectivity index (χ4v) is 7.82. The van der Waals surface area contributed by atoms with Crippen molar-refractivity contribution in [3.05, 3.63) is 49.6 Å². The van der Waals surface area contributed by atoms with Gasteiger partial charge >= 0.3 is 0 Å². The first kappa shape index (κ1) is 22.1. The lowest BCUT2D eigenvalue weighted by atomic mass is 10.0. The molecule has 1 aromatic carbocycles. The zero-order valence-electron chi connectivity index (χ0n) is 16.2. The predicted molar refractivity (Wildman–Crippen MR) is 119 cm³/mol. The monoisotopic (exact) mass is 500 g/mol. The van der Waals surface area contributed by atoms with Gasteiger partial charge in [0.05, 0.1) is 19.5 Å². The molecule has 1 atom stereocenters. The number of hydrogen-bond donors (Lipinski definition) is 0. The first-order valence-corrected chi connectivity index (χ1v) is 12.7. The highest BCUT2D eigenvalue weighted by Crippen LogP contribution is 2.32. The second kappa shape index (κ2) is 8.43. The van der Waals surface area contributed by atoms with Crippen molar-refractivity contribution < 1.29 is 18.1 Å². The Kier molecular flexibility index (Phi) is 6.01. The number of nitro benzene ring substituents is 1. The molecule has 1 aliphatic heterocycles. The number of carbonyl (C=O) groups excluding carboxylic acids is 1. The summed E-state index contributed by atoms with van der Waals surface area (Å²) in [5.74, 6) is -0.553. The molecule has 164 valence electrons. The number of thiazole rings is 1. The minimum Gasteiger partial charge on any atom is -0.319 e. The molecular formula is C18H17ClN4O5S3. The summed E-state index contributed by atoms with van der Waals surface area (Å²) < 4.78 is 30.1. The van der Waals surface area contributed by atoms with Gasteiger partial charge in [0.25, 0.3) is 21.6 Å². The van der Waals surface area contributed by atoms with Crippen molar-refractivity contribution in [1.29, 1.82) is 0 Å². The van der Waals surface area contributed by atoms with Gasteiger partial charge in [-0.25, -0.2) is 8.42 Å². The fourth-order valence-electron chi connectivity index (χ4n) is 3.50. The molecule has 0 bridgehead atoms. The fraction of sp³-hybridized carbons (Fsp3) is 0.333. The van der Waals surface area contributed by atoms with Gasteiger partial charge in [-0.15, -0.1) is 11.3 Å². The van der Waals surface area contributed by atoms with Gasteiger partial charge in [-0.3, -0.25) is 14.9 Å². The van der Waals surface area contributed by atoms with Crippen LogP contribution in [0.1, 0.15) is 19.3 Å². The Hall–Kier alpha value is -2.12. The van der Waals surface area contributed by atoms with Gasteiger partial charge in [-0.05, 0) is 31.0 Å². The Morgan fingerprint density at radius 1 is 1.26 bits per heavy atom. The highest BCUT2D eigenvalue weighted by Gasteiger charge is 2.38. The Morgan fingerprint density at radius 3 is 2.71 bits per heavy atom. The number of nitro groups is 1. The summed E-state index contributed by atoms with van der Waals surface area (Å²) in [6, 6.07) is 6.48. The molecule has 3 heterocycles. The van der Waals surface area contributed by atoms with Crippen LogP contribution in [0, 0.1) is 10.1 Å². The number of hydrogen-bond acceptors (Lipinski definition) is 7. The number of aromatic nitrogens is 1. The zero-order valence-corrected chi connectivity index (χ0v) is 19.4. The number of carbonyl (C=O) groups is 1. The molecule has 9 nitrogen and oxygen atoms in total. The number of halogens is 1. The Balaban J connectivity index is 1.71. The average molecular weight is 501 g/mol. The van der Waals surface area contributed by atoms with Gasteiger partial charge in [0, 0.05) is 25.7 Å². The topological polar surface area (TPSA) is 115 Å². The molecule has 1 fully saturated rings. The molecule has 1 saturated heterocycles. The van der Waals surface area contributed by atoms with Crippen LogP contribution in [0.15, 0.2) is 39.5 Å². The first-order valence-electron chi connectivity index (χ1n) is 9.28. The third-order valence-corrected chi connectivity index (χ3v) is 9.76. The minimum absolute atomic E-state index is 0.0496. The van der Waals surface area contributed by atoms with E-state index in [0.717, 1.165) is 22.7 Å². The van der Waals surface area contributed by atoms with Crippen LogP contribution in [0.3, 0.4) is 0 Å². The Bertz CT molecular complexity index is 1360. The number of rotatable bonds is 4. The molecule has 0 spiro atoms. The Labute approximate surface area is 190 Å². The molecule has 1 unspecified atom stereocenters. The summed E-state index contributed by atoms with van der Waals surface area (Å²) in [6.07, 6.45) is 1.75. The van der Waals surface area contributed by atoms with Crippen molar-refractivity contribution in [1.82, 2.24) is 8.87 Å². The van der Waals surface area contributed by atoms with Crippen LogP contribution in [0.4, 0.5) is 5.69 Å². The van der Waals surface area contributed by atoms with E-state index in [1.54, 1.807) is 17.7 Å². The molecule has 31 heavy (non-hydrogen) atoms. The summed E-state index contributed by atoms with van der Waals surface area (Å²) >= 11 is 8.00. The van der Waals surface area contributed by atoms with Crippen LogP contribution < -0.4 is 4.80 Å². The van der Waals surface area contributed by atoms with Crippen molar-refractivity contribution in [3.8, 4) is 0 Å². The number of nitrogens with zero attached hydrogens (tertiary/aromatic N) is 4. The number of piperidine rings is 1. The smallest absolute Gasteiger partial charge is 0.270 e. The number of thiophene rings is 1. The summed E-state index contributed by atoms with van der Waals surface area (Å²) in [5.41, 5.74) is 0.648. The third kappa shape index (κ3) is 4.17. The molecule has 1 aliphatic rings. The zero-order chi connectivity index (χ0) is 22.3. The lowest BCUT2D eigenvalue weighted by molar-refractivity contribution is -0.384. The molecule has 0 saturated carbocycles. The van der Waals surface area contributed by atoms with Crippen LogP contribution in [0.25, 0.3) is 10.2 Å². The van der Waals surface area contributed by atoms with Crippen LogP contribution >= 0.6 is 34.3 Å². The number of non-ortho nitro benzene ring substituents is 1. The molecule has 13 heteroatoms. The number of aryl methyl sites for hydroxylation is 1. The molecule has 3 aromatic rings. The molecule has 0 radical (unpaired) electrons. The van der Waals surface area contributed by atoms with E-state index in [2.05, 4.69) is 4.99 Å². The minimum atomic E-state index is -3.87. The molecule has 2 aromatic heterocycles. The maximum Gasteiger partial charge on any atom is 0.270 e. The third-order valence-electron chi connectivity index (χ3n) is 5.06. The van der Waals surface area contributed by atoms with Crippen LogP contribution in [0.2, 0.25) is 4.34 Å². The highest BCUT2D eigenvalue weighted by atomic mass is 35.5. The van der Waals surface area contributed by atoms with E-state index in [9.17, 15) is 23.3 Å². The van der Waals surface area contributed by atoms with Crippen molar-refractivity contribution in [3.63, 3.8) is 0 Å². The maximum atomic E-state index is 13.1. The van der Waals surface area contributed by atoms with E-state index < -0.39 is 26.9 Å². The van der Waals surface area contributed by atoms with Crippen molar-refractivity contribution in [2.45, 2.75) is 29.5 Å². The summed E-state index contributed by atoms with van der Waals surface area (Å²) in [5, 5.41) is 11.0. The molecular weight excluding hydrogens is 484 g/mol. The van der Waals surface area contributed by atoms with Crippen LogP contribution in [0.5, 0.6) is 0 Å². The lowest BCUT2D eigenvalue weighted by Crippen LogP contribution is -2.47. The number of sulfonamides is 1. The number of fused-ring (bicyclic) bond motifs is 1.